The summed E-state index contributed by atoms with van der Waals surface area (Å²) in [5.41, 5.74) is 4.82. The van der Waals surface area contributed by atoms with Crippen molar-refractivity contribution in [1.29, 1.82) is 5.26 Å². The molecule has 3 nitrogen and oxygen atoms in total. The first-order valence-corrected chi connectivity index (χ1v) is 5.96. The van der Waals surface area contributed by atoms with Gasteiger partial charge in [-0.05, 0) is 48.7 Å². The maximum Gasteiger partial charge on any atom is 0.122 e. The average molecular weight is 240 g/mol. The molecule has 1 N–H and O–H groups in total. The lowest BCUT2D eigenvalue weighted by Crippen LogP contribution is -1.91. The molecule has 0 saturated heterocycles. The van der Waals surface area contributed by atoms with Gasteiger partial charge in [0, 0.05) is 11.4 Å². The predicted molar refractivity (Wildman–Crippen MR) is 71.6 cm³/mol. The predicted octanol–water partition coefficient (Wildman–Crippen LogP) is 3.43. The Hall–Kier alpha value is -2.21. The molecule has 0 unspecified atom stereocenters. The van der Waals surface area contributed by atoms with Gasteiger partial charge in [-0.2, -0.15) is 5.26 Å². The van der Waals surface area contributed by atoms with Crippen LogP contribution in [0.25, 0.3) is 11.3 Å². The molecule has 1 aromatic heterocycles. The van der Waals surface area contributed by atoms with Crippen molar-refractivity contribution >= 4 is 0 Å². The standard InChI is InChI=1S/C15H16N2O/c1-4-11-7-12(5-6-15(11)18-3)14-8-13(9-16)10(2)17-14/h5-8,17H,4H2,1-3H3. The molecule has 0 amide bonds. The first kappa shape index (κ1) is 12.3. The Bertz CT molecular complexity index is 605. The van der Waals surface area contributed by atoms with Gasteiger partial charge in [0.15, 0.2) is 0 Å². The van der Waals surface area contributed by atoms with Crippen molar-refractivity contribution < 1.29 is 4.74 Å². The van der Waals surface area contributed by atoms with E-state index in [0.717, 1.165) is 29.1 Å². The number of hydrogen-bond donors (Lipinski definition) is 1. The Balaban J connectivity index is 2.48. The number of aromatic nitrogens is 1. The molecule has 0 saturated carbocycles. The molecule has 0 bridgehead atoms. The molecule has 2 aromatic rings. The van der Waals surface area contributed by atoms with Gasteiger partial charge in [0.05, 0.1) is 12.7 Å². The van der Waals surface area contributed by atoms with Crippen LogP contribution in [-0.4, -0.2) is 12.1 Å². The van der Waals surface area contributed by atoms with Crippen LogP contribution in [0.3, 0.4) is 0 Å². The average Bonchev–Trinajstić information content (AvgIpc) is 2.79. The van der Waals surface area contributed by atoms with E-state index in [1.807, 2.05) is 25.1 Å². The smallest absolute Gasteiger partial charge is 0.122 e. The van der Waals surface area contributed by atoms with Gasteiger partial charge < -0.3 is 9.72 Å². The summed E-state index contributed by atoms with van der Waals surface area (Å²) in [6.45, 7) is 4.01. The van der Waals surface area contributed by atoms with Crippen LogP contribution in [0, 0.1) is 18.3 Å². The lowest BCUT2D eigenvalue weighted by atomic mass is 10.1. The maximum absolute atomic E-state index is 8.97. The Morgan fingerprint density at radius 1 is 1.33 bits per heavy atom. The van der Waals surface area contributed by atoms with E-state index in [1.165, 1.54) is 5.56 Å². The molecule has 0 aliphatic carbocycles. The second-order valence-electron chi connectivity index (χ2n) is 4.21. The highest BCUT2D eigenvalue weighted by molar-refractivity contribution is 5.65. The topological polar surface area (TPSA) is 48.8 Å². The van der Waals surface area contributed by atoms with Gasteiger partial charge in [-0.25, -0.2) is 0 Å². The fraction of sp³-hybridized carbons (Fsp3) is 0.267. The minimum Gasteiger partial charge on any atom is -0.496 e. The highest BCUT2D eigenvalue weighted by Gasteiger charge is 2.08. The zero-order chi connectivity index (χ0) is 13.1. The molecule has 1 heterocycles. The number of aryl methyl sites for hydroxylation is 2. The first-order chi connectivity index (χ1) is 8.69. The molecule has 0 aliphatic rings. The lowest BCUT2D eigenvalue weighted by molar-refractivity contribution is 0.410. The molecule has 0 fully saturated rings. The second kappa shape index (κ2) is 4.97. The lowest BCUT2D eigenvalue weighted by Gasteiger charge is -2.08. The number of rotatable bonds is 3. The summed E-state index contributed by atoms with van der Waals surface area (Å²) in [6.07, 6.45) is 0.918. The van der Waals surface area contributed by atoms with E-state index >= 15 is 0 Å². The molecule has 18 heavy (non-hydrogen) atoms. The van der Waals surface area contributed by atoms with Crippen LogP contribution in [0.2, 0.25) is 0 Å². The summed E-state index contributed by atoms with van der Waals surface area (Å²) >= 11 is 0. The minimum atomic E-state index is 0.693. The monoisotopic (exact) mass is 240 g/mol. The highest BCUT2D eigenvalue weighted by Crippen LogP contribution is 2.27. The third kappa shape index (κ3) is 2.10. The Morgan fingerprint density at radius 2 is 2.11 bits per heavy atom. The quantitative estimate of drug-likeness (QED) is 0.893. The van der Waals surface area contributed by atoms with Gasteiger partial charge in [0.1, 0.15) is 11.8 Å². The number of methoxy groups -OCH3 is 1. The molecule has 1 aromatic carbocycles. The number of H-pyrrole nitrogens is 1. The van der Waals surface area contributed by atoms with E-state index in [4.69, 9.17) is 10.00 Å². The van der Waals surface area contributed by atoms with E-state index in [-0.39, 0.29) is 0 Å². The van der Waals surface area contributed by atoms with Gasteiger partial charge in [0.25, 0.3) is 0 Å². The molecule has 2 rings (SSSR count). The van der Waals surface area contributed by atoms with Crippen LogP contribution in [-0.2, 0) is 6.42 Å². The van der Waals surface area contributed by atoms with Crippen LogP contribution < -0.4 is 4.74 Å². The van der Waals surface area contributed by atoms with E-state index < -0.39 is 0 Å². The van der Waals surface area contributed by atoms with Crippen molar-refractivity contribution in [3.63, 3.8) is 0 Å². The van der Waals surface area contributed by atoms with E-state index in [2.05, 4.69) is 24.0 Å². The minimum absolute atomic E-state index is 0.693. The fourth-order valence-electron chi connectivity index (χ4n) is 2.05. The van der Waals surface area contributed by atoms with Crippen molar-refractivity contribution in [3.05, 3.63) is 41.1 Å². The number of aromatic amines is 1. The van der Waals surface area contributed by atoms with Gasteiger partial charge >= 0.3 is 0 Å². The van der Waals surface area contributed by atoms with Crippen LogP contribution in [0.4, 0.5) is 0 Å². The number of ether oxygens (including phenoxy) is 1. The summed E-state index contributed by atoms with van der Waals surface area (Å²) in [4.78, 5) is 3.24. The normalized spacial score (nSPS) is 10.1. The van der Waals surface area contributed by atoms with Crippen LogP contribution in [0.5, 0.6) is 5.75 Å². The maximum atomic E-state index is 8.97. The van der Waals surface area contributed by atoms with Crippen LogP contribution in [0.15, 0.2) is 24.3 Å². The number of hydrogen-bond acceptors (Lipinski definition) is 2. The number of benzene rings is 1. The van der Waals surface area contributed by atoms with Crippen LogP contribution >= 0.6 is 0 Å². The highest BCUT2D eigenvalue weighted by atomic mass is 16.5. The molecular formula is C15H16N2O. The Morgan fingerprint density at radius 3 is 2.67 bits per heavy atom. The summed E-state index contributed by atoms with van der Waals surface area (Å²) < 4.78 is 5.31. The van der Waals surface area contributed by atoms with Gasteiger partial charge in [0.2, 0.25) is 0 Å². The first-order valence-electron chi connectivity index (χ1n) is 5.96. The summed E-state index contributed by atoms with van der Waals surface area (Å²) in [5, 5.41) is 8.97. The van der Waals surface area contributed by atoms with E-state index in [1.54, 1.807) is 7.11 Å². The molecule has 3 heteroatoms. The number of nitriles is 1. The van der Waals surface area contributed by atoms with Gasteiger partial charge in [-0.15, -0.1) is 0 Å². The van der Waals surface area contributed by atoms with E-state index in [0.29, 0.717) is 5.56 Å². The van der Waals surface area contributed by atoms with Crippen molar-refractivity contribution in [2.45, 2.75) is 20.3 Å². The Kier molecular flexibility index (Phi) is 3.38. The van der Waals surface area contributed by atoms with Crippen molar-refractivity contribution in [2.24, 2.45) is 0 Å². The van der Waals surface area contributed by atoms with Crippen molar-refractivity contribution in [1.82, 2.24) is 4.98 Å². The molecule has 0 aliphatic heterocycles. The third-order valence-electron chi connectivity index (χ3n) is 3.11. The Labute approximate surface area is 107 Å². The fourth-order valence-corrected chi connectivity index (χ4v) is 2.05. The molecular weight excluding hydrogens is 224 g/mol. The van der Waals surface area contributed by atoms with E-state index in [9.17, 15) is 0 Å². The molecule has 0 atom stereocenters. The van der Waals surface area contributed by atoms with Gasteiger partial charge in [-0.1, -0.05) is 6.92 Å². The summed E-state index contributed by atoms with van der Waals surface area (Å²) in [6, 6.07) is 10.1. The molecule has 0 spiro atoms. The van der Waals surface area contributed by atoms with Gasteiger partial charge in [-0.3, -0.25) is 0 Å². The zero-order valence-electron chi connectivity index (χ0n) is 10.9. The molecule has 0 radical (unpaired) electrons. The number of nitrogens with zero attached hydrogens (tertiary/aromatic N) is 1. The zero-order valence-corrected chi connectivity index (χ0v) is 10.9. The van der Waals surface area contributed by atoms with Crippen molar-refractivity contribution in [3.8, 4) is 23.1 Å². The van der Waals surface area contributed by atoms with Crippen molar-refractivity contribution in [2.75, 3.05) is 7.11 Å². The SMILES string of the molecule is CCc1cc(-c2cc(C#N)c(C)[nH]2)ccc1OC. The summed E-state index contributed by atoms with van der Waals surface area (Å²) in [7, 11) is 1.68. The largest absolute Gasteiger partial charge is 0.496 e. The summed E-state index contributed by atoms with van der Waals surface area (Å²) in [5.74, 6) is 0.907. The van der Waals surface area contributed by atoms with Crippen LogP contribution in [0.1, 0.15) is 23.7 Å². The number of nitrogens with one attached hydrogen (secondary N) is 1. The molecule has 92 valence electrons. The third-order valence-corrected chi connectivity index (χ3v) is 3.11. The second-order valence-corrected chi connectivity index (χ2v) is 4.21.